The van der Waals surface area contributed by atoms with Crippen molar-refractivity contribution in [3.63, 3.8) is 0 Å². The summed E-state index contributed by atoms with van der Waals surface area (Å²) < 4.78 is 0. The largest absolute Gasteiger partial charge is 0.316 e. The Bertz CT molecular complexity index is 385. The van der Waals surface area contributed by atoms with Gasteiger partial charge in [-0.1, -0.05) is 45.0 Å². The summed E-state index contributed by atoms with van der Waals surface area (Å²) >= 11 is 2.10. The van der Waals surface area contributed by atoms with Gasteiger partial charge in [0.05, 0.1) is 0 Å². The van der Waals surface area contributed by atoms with E-state index < -0.39 is 0 Å². The molecular weight excluding hydrogens is 250 g/mol. The number of rotatable bonds is 4. The van der Waals surface area contributed by atoms with Gasteiger partial charge in [0.25, 0.3) is 0 Å². The maximum Gasteiger partial charge on any atom is 0.0141 e. The summed E-state index contributed by atoms with van der Waals surface area (Å²) in [4.78, 5) is 0. The molecule has 19 heavy (non-hydrogen) atoms. The van der Waals surface area contributed by atoms with Gasteiger partial charge in [-0.3, -0.25) is 0 Å². The summed E-state index contributed by atoms with van der Waals surface area (Å²) in [6.45, 7) is 6.82. The topological polar surface area (TPSA) is 12.0 Å². The Hall–Kier alpha value is -0.470. The van der Waals surface area contributed by atoms with Gasteiger partial charge in [-0.15, -0.1) is 0 Å². The molecule has 1 nitrogen and oxygen atoms in total. The average Bonchev–Trinajstić information content (AvgIpc) is 2.89. The number of thioether (sulfide) groups is 1. The molecule has 0 bridgehead atoms. The van der Waals surface area contributed by atoms with Crippen LogP contribution in [0, 0.1) is 5.92 Å². The third kappa shape index (κ3) is 4.00. The van der Waals surface area contributed by atoms with Crippen molar-refractivity contribution >= 4 is 11.8 Å². The second-order valence-corrected chi connectivity index (χ2v) is 7.82. The van der Waals surface area contributed by atoms with E-state index in [0.717, 1.165) is 12.3 Å². The minimum absolute atomic E-state index is 0.253. The molecule has 1 aromatic rings. The monoisotopic (exact) mass is 277 g/mol. The van der Waals surface area contributed by atoms with Crippen LogP contribution in [-0.2, 0) is 11.8 Å². The molecule has 1 fully saturated rings. The van der Waals surface area contributed by atoms with E-state index in [-0.39, 0.29) is 5.41 Å². The Morgan fingerprint density at radius 3 is 2.42 bits per heavy atom. The van der Waals surface area contributed by atoms with E-state index in [1.807, 2.05) is 0 Å². The lowest BCUT2D eigenvalue weighted by Crippen LogP contribution is -2.35. The molecule has 1 N–H and O–H groups in total. The molecule has 2 atom stereocenters. The van der Waals surface area contributed by atoms with Crippen LogP contribution in [0.1, 0.15) is 38.3 Å². The van der Waals surface area contributed by atoms with E-state index in [0.29, 0.717) is 6.04 Å². The summed E-state index contributed by atoms with van der Waals surface area (Å²) in [5.41, 5.74) is 3.14. The summed E-state index contributed by atoms with van der Waals surface area (Å²) in [6.07, 6.45) is 2.53. The second-order valence-electron chi connectivity index (χ2n) is 6.67. The van der Waals surface area contributed by atoms with Crippen molar-refractivity contribution in [3.05, 3.63) is 35.4 Å². The lowest BCUT2D eigenvalue weighted by Gasteiger charge is -2.23. The highest BCUT2D eigenvalue weighted by Crippen LogP contribution is 2.28. The van der Waals surface area contributed by atoms with Gasteiger partial charge < -0.3 is 5.32 Å². The van der Waals surface area contributed by atoms with Crippen LogP contribution >= 0.6 is 11.8 Å². The van der Waals surface area contributed by atoms with Crippen molar-refractivity contribution in [2.45, 2.75) is 45.1 Å². The van der Waals surface area contributed by atoms with Crippen molar-refractivity contribution in [2.75, 3.05) is 18.6 Å². The fourth-order valence-electron chi connectivity index (χ4n) is 2.77. The lowest BCUT2D eigenvalue weighted by atomic mass is 9.85. The van der Waals surface area contributed by atoms with Gasteiger partial charge in [-0.05, 0) is 53.9 Å². The van der Waals surface area contributed by atoms with Crippen LogP contribution in [0.2, 0.25) is 0 Å². The maximum atomic E-state index is 3.52. The molecule has 1 aliphatic heterocycles. The van der Waals surface area contributed by atoms with Gasteiger partial charge >= 0.3 is 0 Å². The molecule has 106 valence electrons. The normalized spacial score (nSPS) is 21.6. The van der Waals surface area contributed by atoms with E-state index >= 15 is 0 Å². The average molecular weight is 277 g/mol. The predicted octanol–water partition coefficient (Wildman–Crippen LogP) is 3.87. The fraction of sp³-hybridized carbons (Fsp3) is 0.647. The highest BCUT2D eigenvalue weighted by atomic mass is 32.2. The molecule has 0 aromatic heterocycles. The van der Waals surface area contributed by atoms with Crippen molar-refractivity contribution in [1.29, 1.82) is 0 Å². The molecule has 1 heterocycles. The van der Waals surface area contributed by atoms with Gasteiger partial charge in [0.2, 0.25) is 0 Å². The van der Waals surface area contributed by atoms with Crippen LogP contribution in [-0.4, -0.2) is 24.6 Å². The van der Waals surface area contributed by atoms with E-state index in [9.17, 15) is 0 Å². The molecule has 2 unspecified atom stereocenters. The van der Waals surface area contributed by atoms with Crippen molar-refractivity contribution < 1.29 is 0 Å². The first-order chi connectivity index (χ1) is 9.00. The smallest absolute Gasteiger partial charge is 0.0141 e. The summed E-state index contributed by atoms with van der Waals surface area (Å²) in [6, 6.07) is 9.85. The van der Waals surface area contributed by atoms with Crippen LogP contribution in [0.5, 0.6) is 0 Å². The van der Waals surface area contributed by atoms with E-state index in [1.165, 1.54) is 29.1 Å². The molecule has 0 amide bonds. The first-order valence-corrected chi connectivity index (χ1v) is 8.50. The van der Waals surface area contributed by atoms with Crippen LogP contribution in [0.25, 0.3) is 0 Å². The zero-order valence-electron chi connectivity index (χ0n) is 12.7. The lowest BCUT2D eigenvalue weighted by molar-refractivity contribution is 0.404. The Morgan fingerprint density at radius 2 is 1.95 bits per heavy atom. The minimum Gasteiger partial charge on any atom is -0.316 e. The molecular formula is C17H27NS. The quantitative estimate of drug-likeness (QED) is 0.896. The van der Waals surface area contributed by atoms with Crippen LogP contribution in [0.3, 0.4) is 0 Å². The second kappa shape index (κ2) is 6.32. The molecule has 0 aliphatic carbocycles. The SMILES string of the molecule is CNC(Cc1ccc(C(C)(C)C)cc1)C1CCSC1. The zero-order chi connectivity index (χ0) is 13.9. The number of hydrogen-bond acceptors (Lipinski definition) is 2. The van der Waals surface area contributed by atoms with Crippen LogP contribution in [0.4, 0.5) is 0 Å². The van der Waals surface area contributed by atoms with Crippen molar-refractivity contribution in [3.8, 4) is 0 Å². The summed E-state index contributed by atoms with van der Waals surface area (Å²) in [5, 5.41) is 3.52. The van der Waals surface area contributed by atoms with E-state index in [1.54, 1.807) is 0 Å². The Morgan fingerprint density at radius 1 is 1.26 bits per heavy atom. The van der Waals surface area contributed by atoms with Crippen molar-refractivity contribution in [2.24, 2.45) is 5.92 Å². The van der Waals surface area contributed by atoms with Gasteiger partial charge in [0.15, 0.2) is 0 Å². The highest BCUT2D eigenvalue weighted by molar-refractivity contribution is 7.99. The molecule has 1 aliphatic rings. The third-order valence-electron chi connectivity index (χ3n) is 4.18. The van der Waals surface area contributed by atoms with Gasteiger partial charge in [-0.25, -0.2) is 0 Å². The zero-order valence-corrected chi connectivity index (χ0v) is 13.5. The first-order valence-electron chi connectivity index (χ1n) is 7.35. The molecule has 1 saturated heterocycles. The van der Waals surface area contributed by atoms with E-state index in [2.05, 4.69) is 69.2 Å². The Balaban J connectivity index is 2.01. The number of likely N-dealkylation sites (N-methyl/N-ethyl adjacent to an activating group) is 1. The Labute approximate surface area is 122 Å². The summed E-state index contributed by atoms with van der Waals surface area (Å²) in [7, 11) is 2.11. The van der Waals surface area contributed by atoms with E-state index in [4.69, 9.17) is 0 Å². The predicted molar refractivity (Wildman–Crippen MR) is 87.1 cm³/mol. The van der Waals surface area contributed by atoms with Gasteiger partial charge in [0, 0.05) is 6.04 Å². The molecule has 1 aromatic carbocycles. The standard InChI is InChI=1S/C17H27NS/c1-17(2,3)15-7-5-13(6-8-15)11-16(18-4)14-9-10-19-12-14/h5-8,14,16,18H,9-12H2,1-4H3. The van der Waals surface area contributed by atoms with Crippen molar-refractivity contribution in [1.82, 2.24) is 5.32 Å². The van der Waals surface area contributed by atoms with Gasteiger partial charge in [-0.2, -0.15) is 11.8 Å². The third-order valence-corrected chi connectivity index (χ3v) is 5.37. The maximum absolute atomic E-state index is 3.52. The minimum atomic E-state index is 0.253. The highest BCUT2D eigenvalue weighted by Gasteiger charge is 2.24. The number of nitrogens with one attached hydrogen (secondary N) is 1. The number of benzene rings is 1. The fourth-order valence-corrected chi connectivity index (χ4v) is 4.11. The molecule has 2 heteroatoms. The van der Waals surface area contributed by atoms with Gasteiger partial charge in [0.1, 0.15) is 0 Å². The first kappa shape index (κ1) is 14.9. The summed E-state index contributed by atoms with van der Waals surface area (Å²) in [5.74, 6) is 3.51. The Kier molecular flexibility index (Phi) is 4.97. The number of hydrogen-bond donors (Lipinski definition) is 1. The van der Waals surface area contributed by atoms with Crippen LogP contribution < -0.4 is 5.32 Å². The molecule has 0 saturated carbocycles. The molecule has 0 spiro atoms. The van der Waals surface area contributed by atoms with Crippen LogP contribution in [0.15, 0.2) is 24.3 Å². The molecule has 0 radical (unpaired) electrons. The molecule has 2 rings (SSSR count).